The first-order chi connectivity index (χ1) is 7.09. The Balaban J connectivity index is 2.77. The van der Waals surface area contributed by atoms with Gasteiger partial charge in [0, 0.05) is 12.1 Å². The molecular weight excluding hydrogens is 330 g/mol. The highest BCUT2D eigenvalue weighted by Crippen LogP contribution is 2.10. The number of non-ortho nitro benzene ring substituents is 1. The summed E-state index contributed by atoms with van der Waals surface area (Å²) in [7, 11) is 0. The van der Waals surface area contributed by atoms with Gasteiger partial charge in [-0.05, 0) is 49.6 Å². The molecule has 0 saturated heterocycles. The van der Waals surface area contributed by atoms with Crippen LogP contribution >= 0.6 is 31.9 Å². The molecule has 0 unspecified atom stereocenters. The minimum atomic E-state index is -0.450. The molecule has 0 heterocycles. The maximum absolute atomic E-state index is 10.4. The Bertz CT molecular complexity index is 410. The fourth-order valence-electron chi connectivity index (χ4n) is 0.821. The first-order valence-corrected chi connectivity index (χ1v) is 5.34. The number of nitro benzene ring substituents is 1. The molecule has 0 atom stereocenters. The fourth-order valence-corrected chi connectivity index (χ4v) is 1.00. The largest absolute Gasteiger partial charge is 0.269 e. The number of nitrogens with zero attached hydrogens (tertiary/aromatic N) is 3. The van der Waals surface area contributed by atoms with E-state index in [0.29, 0.717) is 3.53 Å². The molecule has 5 nitrogen and oxygen atoms in total. The minimum absolute atomic E-state index is 0.0531. The van der Waals surface area contributed by atoms with Crippen LogP contribution in [0.4, 0.5) is 5.69 Å². The normalized spacial score (nSPS) is 10.3. The van der Waals surface area contributed by atoms with E-state index in [1.165, 1.54) is 18.3 Å². The lowest BCUT2D eigenvalue weighted by Gasteiger charge is -1.91. The molecule has 0 amide bonds. The molecule has 7 heteroatoms. The summed E-state index contributed by atoms with van der Waals surface area (Å²) in [4.78, 5) is 9.90. The summed E-state index contributed by atoms with van der Waals surface area (Å²) in [5.41, 5.74) is 0.794. The first-order valence-electron chi connectivity index (χ1n) is 3.76. The van der Waals surface area contributed by atoms with Crippen LogP contribution in [0.5, 0.6) is 0 Å². The Kier molecular flexibility index (Phi) is 4.57. The first kappa shape index (κ1) is 12.0. The summed E-state index contributed by atoms with van der Waals surface area (Å²) in [6, 6.07) is 6.01. The molecule has 1 rings (SSSR count). The zero-order chi connectivity index (χ0) is 11.3. The summed E-state index contributed by atoms with van der Waals surface area (Å²) in [6.07, 6.45) is 1.49. The van der Waals surface area contributed by atoms with Crippen LogP contribution in [0.3, 0.4) is 0 Å². The van der Waals surface area contributed by atoms with E-state index < -0.39 is 4.92 Å². The van der Waals surface area contributed by atoms with Crippen LogP contribution in [0.25, 0.3) is 0 Å². The third kappa shape index (κ3) is 4.30. The van der Waals surface area contributed by atoms with Crippen LogP contribution < -0.4 is 0 Å². The smallest absolute Gasteiger partial charge is 0.258 e. The van der Waals surface area contributed by atoms with E-state index >= 15 is 0 Å². The monoisotopic (exact) mass is 333 g/mol. The molecule has 0 aromatic heterocycles. The summed E-state index contributed by atoms with van der Waals surface area (Å²) in [5, 5.41) is 17.7. The van der Waals surface area contributed by atoms with Crippen molar-refractivity contribution in [2.75, 3.05) is 0 Å². The topological polar surface area (TPSA) is 67.9 Å². The molecule has 78 valence electrons. The predicted octanol–water partition coefficient (Wildman–Crippen LogP) is 3.07. The van der Waals surface area contributed by atoms with Crippen molar-refractivity contribution in [2.45, 2.75) is 0 Å². The molecule has 1 aromatic carbocycles. The molecular formula is C8H5Br2N3O2. The Morgan fingerprint density at radius 1 is 1.33 bits per heavy atom. The zero-order valence-electron chi connectivity index (χ0n) is 7.30. The standard InChI is InChI=1S/C8H5Br2N3O2/c9-8(10)12-11-5-6-1-3-7(4-2-6)13(14)15/h1-5H/b11-5+. The number of nitro groups is 1. The third-order valence-electron chi connectivity index (χ3n) is 1.44. The van der Waals surface area contributed by atoms with Gasteiger partial charge in [0.15, 0.2) is 3.53 Å². The van der Waals surface area contributed by atoms with Crippen LogP contribution in [0.2, 0.25) is 0 Å². The summed E-state index contributed by atoms with van der Waals surface area (Å²) >= 11 is 6.08. The fraction of sp³-hybridized carbons (Fsp3) is 0. The minimum Gasteiger partial charge on any atom is -0.258 e. The van der Waals surface area contributed by atoms with Gasteiger partial charge in [0.25, 0.3) is 5.69 Å². The summed E-state index contributed by atoms with van der Waals surface area (Å²) in [6.45, 7) is 0. The van der Waals surface area contributed by atoms with Gasteiger partial charge in [0.05, 0.1) is 11.1 Å². The van der Waals surface area contributed by atoms with E-state index in [2.05, 4.69) is 42.1 Å². The zero-order valence-corrected chi connectivity index (χ0v) is 10.5. The molecule has 0 bridgehead atoms. The Labute approximate surface area is 102 Å². The van der Waals surface area contributed by atoms with Crippen molar-refractivity contribution in [1.82, 2.24) is 0 Å². The molecule has 0 aliphatic rings. The molecule has 0 spiro atoms. The van der Waals surface area contributed by atoms with E-state index in [0.717, 1.165) is 5.56 Å². The molecule has 0 fully saturated rings. The molecule has 0 N–H and O–H groups in total. The van der Waals surface area contributed by atoms with Crippen LogP contribution in [-0.4, -0.2) is 14.7 Å². The number of halogens is 2. The van der Waals surface area contributed by atoms with Crippen LogP contribution in [0.1, 0.15) is 5.56 Å². The molecule has 0 saturated carbocycles. The Morgan fingerprint density at radius 2 is 1.93 bits per heavy atom. The molecule has 15 heavy (non-hydrogen) atoms. The van der Waals surface area contributed by atoms with Crippen LogP contribution in [0.15, 0.2) is 34.5 Å². The molecule has 0 aliphatic heterocycles. The van der Waals surface area contributed by atoms with E-state index in [1.807, 2.05) is 0 Å². The maximum Gasteiger partial charge on any atom is 0.269 e. The van der Waals surface area contributed by atoms with Crippen molar-refractivity contribution in [3.8, 4) is 0 Å². The van der Waals surface area contributed by atoms with Gasteiger partial charge in [-0.2, -0.15) is 5.10 Å². The van der Waals surface area contributed by atoms with Gasteiger partial charge in [-0.3, -0.25) is 10.1 Å². The van der Waals surface area contributed by atoms with Crippen molar-refractivity contribution in [1.29, 1.82) is 0 Å². The maximum atomic E-state index is 10.4. The van der Waals surface area contributed by atoms with Gasteiger partial charge in [-0.25, -0.2) is 0 Å². The number of hydrogen-bond donors (Lipinski definition) is 0. The molecule has 0 aliphatic carbocycles. The van der Waals surface area contributed by atoms with Gasteiger partial charge in [-0.1, -0.05) is 0 Å². The van der Waals surface area contributed by atoms with E-state index in [1.54, 1.807) is 12.1 Å². The van der Waals surface area contributed by atoms with E-state index in [9.17, 15) is 10.1 Å². The van der Waals surface area contributed by atoms with Gasteiger partial charge in [0.2, 0.25) is 0 Å². The van der Waals surface area contributed by atoms with E-state index in [4.69, 9.17) is 0 Å². The Morgan fingerprint density at radius 3 is 2.40 bits per heavy atom. The van der Waals surface area contributed by atoms with Crippen molar-refractivity contribution in [3.63, 3.8) is 0 Å². The van der Waals surface area contributed by atoms with Gasteiger partial charge in [0.1, 0.15) is 0 Å². The predicted molar refractivity (Wildman–Crippen MR) is 66.0 cm³/mol. The SMILES string of the molecule is O=[N+]([O-])c1ccc(/C=N/N=C(Br)Br)cc1. The van der Waals surface area contributed by atoms with Crippen molar-refractivity contribution in [2.24, 2.45) is 10.2 Å². The Hall–Kier alpha value is -1.08. The number of rotatable bonds is 3. The average Bonchev–Trinajstić information content (AvgIpc) is 2.18. The van der Waals surface area contributed by atoms with Gasteiger partial charge < -0.3 is 0 Å². The van der Waals surface area contributed by atoms with Crippen LogP contribution in [0, 0.1) is 10.1 Å². The number of benzene rings is 1. The van der Waals surface area contributed by atoms with Gasteiger partial charge in [-0.15, -0.1) is 5.10 Å². The second kappa shape index (κ2) is 5.72. The highest BCUT2D eigenvalue weighted by Gasteiger charge is 2.02. The highest BCUT2D eigenvalue weighted by atomic mass is 79.9. The second-order valence-corrected chi connectivity index (χ2v) is 5.00. The van der Waals surface area contributed by atoms with Crippen LogP contribution in [-0.2, 0) is 0 Å². The van der Waals surface area contributed by atoms with Gasteiger partial charge >= 0.3 is 0 Å². The molecule has 0 radical (unpaired) electrons. The van der Waals surface area contributed by atoms with Crippen molar-refractivity contribution >= 4 is 47.3 Å². The van der Waals surface area contributed by atoms with E-state index in [-0.39, 0.29) is 5.69 Å². The summed E-state index contributed by atoms with van der Waals surface area (Å²) in [5.74, 6) is 0. The summed E-state index contributed by atoms with van der Waals surface area (Å²) < 4.78 is 0.480. The number of hydrogen-bond acceptors (Lipinski definition) is 4. The lowest BCUT2D eigenvalue weighted by Crippen LogP contribution is -1.88. The lowest BCUT2D eigenvalue weighted by molar-refractivity contribution is -0.384. The highest BCUT2D eigenvalue weighted by molar-refractivity contribution is 9.39. The quantitative estimate of drug-likeness (QED) is 0.484. The van der Waals surface area contributed by atoms with Crippen molar-refractivity contribution < 1.29 is 4.92 Å². The lowest BCUT2D eigenvalue weighted by atomic mass is 10.2. The average molecular weight is 335 g/mol. The third-order valence-corrected chi connectivity index (χ3v) is 1.76. The molecule has 1 aromatic rings. The second-order valence-electron chi connectivity index (χ2n) is 2.43. The van der Waals surface area contributed by atoms with Crippen molar-refractivity contribution in [3.05, 3.63) is 39.9 Å².